The number of halogens is 2. The maximum atomic E-state index is 13.2. The van der Waals surface area contributed by atoms with Crippen LogP contribution in [0.1, 0.15) is 13.8 Å². The van der Waals surface area contributed by atoms with Gasteiger partial charge in [0.05, 0.1) is 4.47 Å². The van der Waals surface area contributed by atoms with Gasteiger partial charge in [0.1, 0.15) is 11.6 Å². The van der Waals surface area contributed by atoms with Gasteiger partial charge in [-0.25, -0.2) is 9.18 Å². The number of carbonyl (C=O) groups is 1. The number of benzene rings is 1. The maximum absolute atomic E-state index is 13.2. The quantitative estimate of drug-likeness (QED) is 0.927. The highest BCUT2D eigenvalue weighted by molar-refractivity contribution is 9.10. The second-order valence-corrected chi connectivity index (χ2v) is 4.55. The maximum Gasteiger partial charge on any atom is 0.345 e. The first kappa shape index (κ1) is 13.0. The molecule has 5 heteroatoms. The molecule has 1 N–H and O–H groups in total. The molecule has 1 aromatic rings. The number of hydrogen-bond donors (Lipinski definition) is 1. The molecule has 16 heavy (non-hydrogen) atoms. The summed E-state index contributed by atoms with van der Waals surface area (Å²) in [5.74, 6) is -1.52. The van der Waals surface area contributed by atoms with E-state index < -0.39 is 17.9 Å². The Kier molecular flexibility index (Phi) is 4.29. The van der Waals surface area contributed by atoms with Gasteiger partial charge in [-0.2, -0.15) is 0 Å². The number of aliphatic carboxylic acids is 1. The number of carboxylic acids is 1. The van der Waals surface area contributed by atoms with Crippen LogP contribution in [0.5, 0.6) is 5.75 Å². The second kappa shape index (κ2) is 5.30. The van der Waals surface area contributed by atoms with E-state index >= 15 is 0 Å². The highest BCUT2D eigenvalue weighted by Gasteiger charge is 2.23. The number of rotatable bonds is 4. The van der Waals surface area contributed by atoms with Crippen molar-refractivity contribution >= 4 is 21.9 Å². The molecule has 1 aromatic carbocycles. The van der Waals surface area contributed by atoms with Gasteiger partial charge < -0.3 is 9.84 Å². The molecule has 0 aromatic heterocycles. The fraction of sp³-hybridized carbons (Fsp3) is 0.364. The lowest BCUT2D eigenvalue weighted by Gasteiger charge is -2.18. The molecule has 0 heterocycles. The first-order valence-corrected chi connectivity index (χ1v) is 5.55. The van der Waals surface area contributed by atoms with Gasteiger partial charge in [0.2, 0.25) is 0 Å². The Morgan fingerprint density at radius 1 is 1.50 bits per heavy atom. The lowest BCUT2D eigenvalue weighted by molar-refractivity contribution is -0.147. The van der Waals surface area contributed by atoms with Crippen LogP contribution in [-0.4, -0.2) is 17.2 Å². The Hall–Kier alpha value is -1.10. The molecule has 0 fully saturated rings. The third-order valence-corrected chi connectivity index (χ3v) is 2.65. The van der Waals surface area contributed by atoms with E-state index in [1.165, 1.54) is 12.1 Å². The van der Waals surface area contributed by atoms with Crippen molar-refractivity contribution in [2.24, 2.45) is 5.92 Å². The van der Waals surface area contributed by atoms with Crippen LogP contribution in [0.25, 0.3) is 0 Å². The molecule has 0 saturated heterocycles. The minimum absolute atomic E-state index is 0.191. The smallest absolute Gasteiger partial charge is 0.345 e. The average Bonchev–Trinajstić information content (AvgIpc) is 2.18. The zero-order valence-corrected chi connectivity index (χ0v) is 10.5. The molecular weight excluding hydrogens is 279 g/mol. The first-order chi connectivity index (χ1) is 7.41. The van der Waals surface area contributed by atoms with Crippen molar-refractivity contribution < 1.29 is 19.0 Å². The van der Waals surface area contributed by atoms with Gasteiger partial charge in [-0.1, -0.05) is 13.8 Å². The minimum Gasteiger partial charge on any atom is -0.478 e. The van der Waals surface area contributed by atoms with E-state index in [9.17, 15) is 9.18 Å². The van der Waals surface area contributed by atoms with Crippen LogP contribution in [0.15, 0.2) is 22.7 Å². The van der Waals surface area contributed by atoms with Gasteiger partial charge in [-0.15, -0.1) is 0 Å². The summed E-state index contributed by atoms with van der Waals surface area (Å²) in [7, 11) is 0. The molecule has 1 rings (SSSR count). The predicted octanol–water partition coefficient (Wildman–Crippen LogP) is 3.08. The molecule has 3 nitrogen and oxygen atoms in total. The van der Waals surface area contributed by atoms with Crippen LogP contribution in [-0.2, 0) is 4.79 Å². The number of ether oxygens (including phenoxy) is 1. The Balaban J connectivity index is 2.86. The average molecular weight is 291 g/mol. The predicted molar refractivity (Wildman–Crippen MR) is 61.0 cm³/mol. The summed E-state index contributed by atoms with van der Waals surface area (Å²) in [6.45, 7) is 3.46. The molecular formula is C11H12BrFO3. The highest BCUT2D eigenvalue weighted by atomic mass is 79.9. The summed E-state index contributed by atoms with van der Waals surface area (Å²) in [4.78, 5) is 10.9. The molecule has 0 spiro atoms. The van der Waals surface area contributed by atoms with Gasteiger partial charge >= 0.3 is 5.97 Å². The summed E-state index contributed by atoms with van der Waals surface area (Å²) in [5.41, 5.74) is 0. The van der Waals surface area contributed by atoms with Gasteiger partial charge in [0, 0.05) is 12.0 Å². The molecule has 1 atom stereocenters. The molecule has 0 aliphatic carbocycles. The third-order valence-electron chi connectivity index (χ3n) is 2.00. The van der Waals surface area contributed by atoms with Crippen LogP contribution in [0.3, 0.4) is 0 Å². The lowest BCUT2D eigenvalue weighted by Crippen LogP contribution is -2.32. The minimum atomic E-state index is -1.06. The summed E-state index contributed by atoms with van der Waals surface area (Å²) in [6, 6.07) is 4.15. The van der Waals surface area contributed by atoms with E-state index in [1.807, 2.05) is 0 Å². The lowest BCUT2D eigenvalue weighted by atomic mass is 10.1. The van der Waals surface area contributed by atoms with Crippen molar-refractivity contribution in [2.45, 2.75) is 20.0 Å². The van der Waals surface area contributed by atoms with E-state index in [-0.39, 0.29) is 11.7 Å². The molecule has 0 saturated carbocycles. The van der Waals surface area contributed by atoms with Crippen LogP contribution >= 0.6 is 15.9 Å². The van der Waals surface area contributed by atoms with Crippen molar-refractivity contribution in [2.75, 3.05) is 0 Å². The number of carboxylic acid groups (broad SMARTS) is 1. The van der Waals surface area contributed by atoms with Crippen molar-refractivity contribution in [1.29, 1.82) is 0 Å². The van der Waals surface area contributed by atoms with E-state index in [4.69, 9.17) is 9.84 Å². The topological polar surface area (TPSA) is 46.5 Å². The SMILES string of the molecule is CC(C)C(Oc1ccc(Br)c(F)c1)C(=O)O. The molecule has 0 radical (unpaired) electrons. The molecule has 88 valence electrons. The van der Waals surface area contributed by atoms with Crippen LogP contribution in [0, 0.1) is 11.7 Å². The largest absolute Gasteiger partial charge is 0.478 e. The van der Waals surface area contributed by atoms with Gasteiger partial charge in [0.25, 0.3) is 0 Å². The standard InChI is InChI=1S/C11H12BrFO3/c1-6(2)10(11(14)15)16-7-3-4-8(12)9(13)5-7/h3-6,10H,1-2H3,(H,14,15). The van der Waals surface area contributed by atoms with Crippen LogP contribution in [0.4, 0.5) is 4.39 Å². The van der Waals surface area contributed by atoms with Gasteiger partial charge in [-0.05, 0) is 28.1 Å². The van der Waals surface area contributed by atoms with Gasteiger partial charge in [0.15, 0.2) is 6.10 Å². The Morgan fingerprint density at radius 2 is 2.12 bits per heavy atom. The molecule has 1 unspecified atom stereocenters. The fourth-order valence-electron chi connectivity index (χ4n) is 1.17. The normalized spacial score (nSPS) is 12.6. The Bertz CT molecular complexity index is 393. The summed E-state index contributed by atoms with van der Waals surface area (Å²) < 4.78 is 18.7. The fourth-order valence-corrected chi connectivity index (χ4v) is 1.42. The van der Waals surface area contributed by atoms with E-state index in [0.29, 0.717) is 4.47 Å². The Morgan fingerprint density at radius 3 is 2.56 bits per heavy atom. The zero-order valence-electron chi connectivity index (χ0n) is 8.91. The van der Waals surface area contributed by atoms with Crippen molar-refractivity contribution in [3.05, 3.63) is 28.5 Å². The van der Waals surface area contributed by atoms with E-state index in [0.717, 1.165) is 6.07 Å². The summed E-state index contributed by atoms with van der Waals surface area (Å²) >= 11 is 3.01. The van der Waals surface area contributed by atoms with E-state index in [2.05, 4.69) is 15.9 Å². The molecule has 0 amide bonds. The van der Waals surface area contributed by atoms with Crippen LogP contribution in [0.2, 0.25) is 0 Å². The van der Waals surface area contributed by atoms with Crippen molar-refractivity contribution in [3.63, 3.8) is 0 Å². The third kappa shape index (κ3) is 3.20. The molecule has 0 aliphatic heterocycles. The molecule has 0 bridgehead atoms. The highest BCUT2D eigenvalue weighted by Crippen LogP contribution is 2.23. The number of hydrogen-bond acceptors (Lipinski definition) is 2. The van der Waals surface area contributed by atoms with Crippen molar-refractivity contribution in [3.8, 4) is 5.75 Å². The van der Waals surface area contributed by atoms with E-state index in [1.54, 1.807) is 13.8 Å². The Labute approximate surface area is 101 Å². The second-order valence-electron chi connectivity index (χ2n) is 3.70. The van der Waals surface area contributed by atoms with Crippen LogP contribution < -0.4 is 4.74 Å². The first-order valence-electron chi connectivity index (χ1n) is 4.76. The monoisotopic (exact) mass is 290 g/mol. The molecule has 0 aliphatic rings. The van der Waals surface area contributed by atoms with Gasteiger partial charge in [-0.3, -0.25) is 0 Å². The van der Waals surface area contributed by atoms with Crippen molar-refractivity contribution in [1.82, 2.24) is 0 Å². The summed E-state index contributed by atoms with van der Waals surface area (Å²) in [5, 5.41) is 8.90. The zero-order chi connectivity index (χ0) is 12.3. The summed E-state index contributed by atoms with van der Waals surface area (Å²) in [6.07, 6.45) is -0.972.